The van der Waals surface area contributed by atoms with Gasteiger partial charge in [-0.15, -0.1) is 0 Å². The Balaban J connectivity index is 1.62. The fraction of sp³-hybridized carbons (Fsp3) is 0.333. The van der Waals surface area contributed by atoms with Crippen LogP contribution in [0.15, 0.2) is 48.5 Å². The molecule has 2 heterocycles. The molecule has 2 aliphatic heterocycles. The van der Waals surface area contributed by atoms with Crippen LogP contribution in [-0.2, 0) is 6.54 Å². The second-order valence-corrected chi connectivity index (χ2v) is 6.47. The molecule has 21 heavy (non-hydrogen) atoms. The van der Waals surface area contributed by atoms with Crippen LogP contribution in [-0.4, -0.2) is 30.1 Å². The van der Waals surface area contributed by atoms with E-state index < -0.39 is 0 Å². The van der Waals surface area contributed by atoms with Crippen molar-refractivity contribution in [1.29, 1.82) is 0 Å². The number of benzene rings is 2. The molecule has 2 saturated heterocycles. The largest absolute Gasteiger partial charge is 0.314 e. The van der Waals surface area contributed by atoms with E-state index in [9.17, 15) is 0 Å². The van der Waals surface area contributed by atoms with Gasteiger partial charge in [0.05, 0.1) is 0 Å². The molecule has 2 aliphatic rings. The molecule has 2 fully saturated rings. The van der Waals surface area contributed by atoms with E-state index in [1.807, 2.05) is 12.1 Å². The van der Waals surface area contributed by atoms with Gasteiger partial charge in [-0.05, 0) is 35.2 Å². The predicted octanol–water partition coefficient (Wildman–Crippen LogP) is 3.55. The third-order valence-corrected chi connectivity index (χ3v) is 5.02. The summed E-state index contributed by atoms with van der Waals surface area (Å²) in [6.07, 6.45) is 1.36. The highest BCUT2D eigenvalue weighted by Crippen LogP contribution is 2.33. The molecule has 1 N–H and O–H groups in total. The highest BCUT2D eigenvalue weighted by molar-refractivity contribution is 6.30. The molecule has 2 nitrogen and oxygen atoms in total. The van der Waals surface area contributed by atoms with Crippen LogP contribution in [0, 0.1) is 0 Å². The van der Waals surface area contributed by atoms with Crippen LogP contribution in [0.3, 0.4) is 0 Å². The number of nitrogens with zero attached hydrogens (tertiary/aromatic N) is 1. The van der Waals surface area contributed by atoms with Gasteiger partial charge in [0, 0.05) is 36.7 Å². The molecule has 0 spiro atoms. The fourth-order valence-corrected chi connectivity index (χ4v) is 3.71. The summed E-state index contributed by atoms with van der Waals surface area (Å²) >= 11 is 6.00. The molecular formula is C18H19ClN2. The lowest BCUT2D eigenvalue weighted by atomic mass is 9.87. The van der Waals surface area contributed by atoms with Crippen LogP contribution in [0.1, 0.15) is 12.0 Å². The van der Waals surface area contributed by atoms with Gasteiger partial charge in [0.1, 0.15) is 0 Å². The van der Waals surface area contributed by atoms with Gasteiger partial charge in [-0.3, -0.25) is 4.90 Å². The minimum absolute atomic E-state index is 0.724. The quantitative estimate of drug-likeness (QED) is 0.932. The first-order valence-electron chi connectivity index (χ1n) is 7.61. The summed E-state index contributed by atoms with van der Waals surface area (Å²) in [6.45, 7) is 3.33. The minimum atomic E-state index is 0.724. The Morgan fingerprint density at radius 1 is 1.00 bits per heavy atom. The topological polar surface area (TPSA) is 15.3 Å². The first-order valence-corrected chi connectivity index (χ1v) is 7.99. The second-order valence-electron chi connectivity index (χ2n) is 6.04. The van der Waals surface area contributed by atoms with Gasteiger partial charge in [0.2, 0.25) is 0 Å². The molecule has 2 aromatic carbocycles. The van der Waals surface area contributed by atoms with E-state index in [0.29, 0.717) is 0 Å². The van der Waals surface area contributed by atoms with E-state index in [4.69, 9.17) is 11.6 Å². The van der Waals surface area contributed by atoms with Crippen LogP contribution in [0.25, 0.3) is 11.1 Å². The summed E-state index contributed by atoms with van der Waals surface area (Å²) in [5.74, 6) is 0. The van der Waals surface area contributed by atoms with Crippen molar-refractivity contribution in [3.8, 4) is 11.1 Å². The van der Waals surface area contributed by atoms with Gasteiger partial charge in [-0.25, -0.2) is 0 Å². The smallest absolute Gasteiger partial charge is 0.0406 e. The van der Waals surface area contributed by atoms with Gasteiger partial charge in [0.25, 0.3) is 0 Å². The Kier molecular flexibility index (Phi) is 3.46. The molecule has 0 amide bonds. The molecular weight excluding hydrogens is 280 g/mol. The maximum Gasteiger partial charge on any atom is 0.0406 e. The Hall–Kier alpha value is -1.35. The summed E-state index contributed by atoms with van der Waals surface area (Å²) in [4.78, 5) is 2.64. The third-order valence-electron chi connectivity index (χ3n) is 4.77. The van der Waals surface area contributed by atoms with Crippen molar-refractivity contribution in [2.45, 2.75) is 25.0 Å². The van der Waals surface area contributed by atoms with Gasteiger partial charge >= 0.3 is 0 Å². The number of hydrogen-bond acceptors (Lipinski definition) is 2. The highest BCUT2D eigenvalue weighted by Gasteiger charge is 2.41. The van der Waals surface area contributed by atoms with Crippen LogP contribution in [0.2, 0.25) is 5.02 Å². The zero-order chi connectivity index (χ0) is 14.2. The van der Waals surface area contributed by atoms with Crippen LogP contribution >= 0.6 is 11.6 Å². The Morgan fingerprint density at radius 3 is 2.43 bits per heavy atom. The minimum Gasteiger partial charge on any atom is -0.314 e. The Morgan fingerprint density at radius 2 is 1.71 bits per heavy atom. The fourth-order valence-electron chi connectivity index (χ4n) is 3.59. The number of fused-ring (bicyclic) bond motifs is 2. The number of halogens is 1. The molecule has 2 bridgehead atoms. The summed E-state index contributed by atoms with van der Waals surface area (Å²) in [6, 6.07) is 18.3. The van der Waals surface area contributed by atoms with Crippen LogP contribution in [0.5, 0.6) is 0 Å². The van der Waals surface area contributed by atoms with E-state index in [1.165, 1.54) is 23.1 Å². The van der Waals surface area contributed by atoms with Crippen molar-refractivity contribution < 1.29 is 0 Å². The normalized spacial score (nSPS) is 24.6. The average Bonchev–Trinajstić information content (AvgIpc) is 2.54. The zero-order valence-corrected chi connectivity index (χ0v) is 12.7. The summed E-state index contributed by atoms with van der Waals surface area (Å²) in [5, 5.41) is 4.29. The second kappa shape index (κ2) is 5.45. The summed E-state index contributed by atoms with van der Waals surface area (Å²) < 4.78 is 0. The SMILES string of the molecule is Clc1ccc(-c2ccccc2CN2C3CNCC2C3)cc1. The first kappa shape index (κ1) is 13.3. The number of rotatable bonds is 3. The van der Waals surface area contributed by atoms with Gasteiger partial charge in [-0.2, -0.15) is 0 Å². The maximum atomic E-state index is 6.00. The number of piperidine rings is 1. The van der Waals surface area contributed by atoms with Crippen molar-refractivity contribution in [3.63, 3.8) is 0 Å². The third kappa shape index (κ3) is 2.48. The molecule has 2 atom stereocenters. The lowest BCUT2D eigenvalue weighted by molar-refractivity contribution is -0.0205. The molecule has 108 valence electrons. The van der Waals surface area contributed by atoms with E-state index in [-0.39, 0.29) is 0 Å². The molecule has 2 unspecified atom stereocenters. The number of piperazine rings is 1. The van der Waals surface area contributed by atoms with Crippen molar-refractivity contribution in [1.82, 2.24) is 10.2 Å². The van der Waals surface area contributed by atoms with Crippen molar-refractivity contribution in [3.05, 3.63) is 59.1 Å². The Bertz CT molecular complexity index is 624. The molecule has 0 saturated carbocycles. The van der Waals surface area contributed by atoms with Gasteiger partial charge < -0.3 is 5.32 Å². The monoisotopic (exact) mass is 298 g/mol. The lowest BCUT2D eigenvalue weighted by Crippen LogP contribution is -2.67. The van der Waals surface area contributed by atoms with Crippen LogP contribution < -0.4 is 5.32 Å². The first-order chi connectivity index (χ1) is 10.3. The number of hydrogen-bond donors (Lipinski definition) is 1. The number of nitrogens with one attached hydrogen (secondary N) is 1. The average molecular weight is 299 g/mol. The maximum absolute atomic E-state index is 6.00. The molecule has 0 aliphatic carbocycles. The van der Waals surface area contributed by atoms with Crippen molar-refractivity contribution in [2.24, 2.45) is 0 Å². The molecule has 3 heteroatoms. The van der Waals surface area contributed by atoms with Crippen LogP contribution in [0.4, 0.5) is 0 Å². The van der Waals surface area contributed by atoms with Gasteiger partial charge in [-0.1, -0.05) is 48.0 Å². The zero-order valence-electron chi connectivity index (χ0n) is 11.9. The van der Waals surface area contributed by atoms with E-state index in [1.54, 1.807) is 0 Å². The standard InChI is InChI=1S/C18H19ClN2/c19-15-7-5-13(6-8-15)18-4-2-1-3-14(18)12-21-16-9-17(21)11-20-10-16/h1-8,16-17,20H,9-12H2. The molecule has 0 aromatic heterocycles. The molecule has 2 aromatic rings. The molecule has 0 radical (unpaired) electrons. The van der Waals surface area contributed by atoms with E-state index in [2.05, 4.69) is 46.6 Å². The van der Waals surface area contributed by atoms with E-state index >= 15 is 0 Å². The predicted molar refractivity (Wildman–Crippen MR) is 87.5 cm³/mol. The van der Waals surface area contributed by atoms with E-state index in [0.717, 1.165) is 36.7 Å². The highest BCUT2D eigenvalue weighted by atomic mass is 35.5. The summed E-state index contributed by atoms with van der Waals surface area (Å²) in [7, 11) is 0. The Labute approximate surface area is 130 Å². The lowest BCUT2D eigenvalue weighted by Gasteiger charge is -2.53. The van der Waals surface area contributed by atoms with Gasteiger partial charge in [0.15, 0.2) is 0 Å². The molecule has 4 rings (SSSR count). The van der Waals surface area contributed by atoms with Crippen molar-refractivity contribution in [2.75, 3.05) is 13.1 Å². The van der Waals surface area contributed by atoms with Crippen molar-refractivity contribution >= 4 is 11.6 Å². The summed E-state index contributed by atoms with van der Waals surface area (Å²) in [5.41, 5.74) is 3.99.